The summed E-state index contributed by atoms with van der Waals surface area (Å²) >= 11 is 0. The molecule has 0 aromatic heterocycles. The lowest BCUT2D eigenvalue weighted by molar-refractivity contribution is -0.194. The lowest BCUT2D eigenvalue weighted by Crippen LogP contribution is -2.32. The fourth-order valence-corrected chi connectivity index (χ4v) is 4.49. The molecule has 3 aliphatic rings. The zero-order valence-corrected chi connectivity index (χ0v) is 14.4. The van der Waals surface area contributed by atoms with Crippen molar-refractivity contribution in [3.05, 3.63) is 11.6 Å². The molecule has 2 saturated carbocycles. The Hall–Kier alpha value is -1.20. The van der Waals surface area contributed by atoms with Gasteiger partial charge in [-0.2, -0.15) is 0 Å². The molecule has 134 valence electrons. The number of carbonyl (C=O) groups is 2. The summed E-state index contributed by atoms with van der Waals surface area (Å²) in [5, 5.41) is 0. The Morgan fingerprint density at radius 2 is 2.21 bits per heavy atom. The van der Waals surface area contributed by atoms with Crippen LogP contribution in [0.3, 0.4) is 0 Å². The molecule has 5 atom stereocenters. The zero-order valence-electron chi connectivity index (χ0n) is 14.4. The molecule has 3 fully saturated rings. The Kier molecular flexibility index (Phi) is 6.06. The maximum atomic E-state index is 11.6. The van der Waals surface area contributed by atoms with Crippen molar-refractivity contribution in [3.8, 4) is 0 Å². The molecular formula is C19H28O5. The SMILES string of the molecule is COC(=O)CC/C=C1/CC2C[C@@H](OC3CCCCO3)[C@H](C=O)[C@H]2C1. The summed E-state index contributed by atoms with van der Waals surface area (Å²) < 4.78 is 16.5. The van der Waals surface area contributed by atoms with Gasteiger partial charge in [0.25, 0.3) is 0 Å². The molecule has 1 heterocycles. The number of hydrogen-bond donors (Lipinski definition) is 0. The van der Waals surface area contributed by atoms with Gasteiger partial charge in [0.1, 0.15) is 6.29 Å². The second-order valence-corrected chi connectivity index (χ2v) is 7.23. The smallest absolute Gasteiger partial charge is 0.305 e. The maximum Gasteiger partial charge on any atom is 0.305 e. The number of methoxy groups -OCH3 is 1. The minimum Gasteiger partial charge on any atom is -0.469 e. The van der Waals surface area contributed by atoms with Crippen molar-refractivity contribution in [2.75, 3.05) is 13.7 Å². The number of allylic oxidation sites excluding steroid dienone is 2. The van der Waals surface area contributed by atoms with Crippen LogP contribution in [0, 0.1) is 17.8 Å². The van der Waals surface area contributed by atoms with Gasteiger partial charge < -0.3 is 19.0 Å². The topological polar surface area (TPSA) is 61.8 Å². The van der Waals surface area contributed by atoms with Crippen molar-refractivity contribution in [2.24, 2.45) is 17.8 Å². The minimum atomic E-state index is -0.170. The molecule has 0 bridgehead atoms. The van der Waals surface area contributed by atoms with Crippen molar-refractivity contribution in [2.45, 2.75) is 63.8 Å². The fourth-order valence-electron chi connectivity index (χ4n) is 4.49. The number of carbonyl (C=O) groups excluding carboxylic acids is 2. The van der Waals surface area contributed by atoms with Crippen LogP contribution in [0.15, 0.2) is 11.6 Å². The van der Waals surface area contributed by atoms with Crippen molar-refractivity contribution in [3.63, 3.8) is 0 Å². The van der Waals surface area contributed by atoms with Gasteiger partial charge in [-0.3, -0.25) is 4.79 Å². The van der Waals surface area contributed by atoms with E-state index in [2.05, 4.69) is 10.8 Å². The van der Waals surface area contributed by atoms with Crippen LogP contribution in [0.2, 0.25) is 0 Å². The highest BCUT2D eigenvalue weighted by atomic mass is 16.7. The van der Waals surface area contributed by atoms with Crippen LogP contribution in [0.1, 0.15) is 51.4 Å². The number of fused-ring (bicyclic) bond motifs is 1. The van der Waals surface area contributed by atoms with Gasteiger partial charge in [-0.1, -0.05) is 11.6 Å². The standard InChI is InChI=1S/C19H28O5/c1-22-18(21)6-4-5-13-9-14-11-17(16(12-20)15(14)10-13)24-19-7-2-3-8-23-19/h5,12,14-17,19H,2-4,6-11H2,1H3/b13-5-/t14?,15-,16+,17+,19?/m0/s1. The molecule has 0 spiro atoms. The van der Waals surface area contributed by atoms with Crippen LogP contribution >= 0.6 is 0 Å². The third-order valence-corrected chi connectivity index (χ3v) is 5.72. The van der Waals surface area contributed by atoms with Crippen molar-refractivity contribution in [1.29, 1.82) is 0 Å². The van der Waals surface area contributed by atoms with Crippen molar-refractivity contribution >= 4 is 12.3 Å². The largest absolute Gasteiger partial charge is 0.469 e. The molecule has 0 aromatic carbocycles. The molecule has 0 N–H and O–H groups in total. The van der Waals surface area contributed by atoms with Gasteiger partial charge in [0.2, 0.25) is 0 Å². The van der Waals surface area contributed by atoms with Crippen LogP contribution in [-0.4, -0.2) is 38.4 Å². The van der Waals surface area contributed by atoms with Crippen LogP contribution in [0.25, 0.3) is 0 Å². The number of esters is 1. The Labute approximate surface area is 143 Å². The summed E-state index contributed by atoms with van der Waals surface area (Å²) in [4.78, 5) is 22.8. The lowest BCUT2D eigenvalue weighted by atomic mass is 9.92. The van der Waals surface area contributed by atoms with E-state index >= 15 is 0 Å². The predicted molar refractivity (Wildman–Crippen MR) is 88.2 cm³/mol. The van der Waals surface area contributed by atoms with Crippen LogP contribution in [0.4, 0.5) is 0 Å². The van der Waals surface area contributed by atoms with Gasteiger partial charge in [0.05, 0.1) is 13.2 Å². The molecule has 1 aliphatic heterocycles. The molecular weight excluding hydrogens is 308 g/mol. The van der Waals surface area contributed by atoms with E-state index in [0.717, 1.165) is 57.8 Å². The minimum absolute atomic E-state index is 0.0113. The molecule has 0 amide bonds. The molecule has 2 aliphatic carbocycles. The molecule has 0 aromatic rings. The van der Waals surface area contributed by atoms with E-state index < -0.39 is 0 Å². The summed E-state index contributed by atoms with van der Waals surface area (Å²) in [6.45, 7) is 0.767. The lowest BCUT2D eigenvalue weighted by Gasteiger charge is -2.28. The molecule has 5 heteroatoms. The second kappa shape index (κ2) is 8.26. The normalized spacial score (nSPS) is 37.4. The molecule has 2 unspecified atom stereocenters. The van der Waals surface area contributed by atoms with Crippen molar-refractivity contribution in [1.82, 2.24) is 0 Å². The molecule has 1 saturated heterocycles. The van der Waals surface area contributed by atoms with E-state index in [1.807, 2.05) is 0 Å². The van der Waals surface area contributed by atoms with E-state index in [1.165, 1.54) is 12.7 Å². The number of ether oxygens (including phenoxy) is 3. The number of hydrogen-bond acceptors (Lipinski definition) is 5. The van der Waals surface area contributed by atoms with Gasteiger partial charge in [-0.15, -0.1) is 0 Å². The summed E-state index contributed by atoms with van der Waals surface area (Å²) in [5.41, 5.74) is 1.38. The van der Waals surface area contributed by atoms with E-state index in [1.54, 1.807) is 0 Å². The van der Waals surface area contributed by atoms with Crippen molar-refractivity contribution < 1.29 is 23.8 Å². The third kappa shape index (κ3) is 4.06. The summed E-state index contributed by atoms with van der Waals surface area (Å²) in [5.74, 6) is 0.724. The van der Waals surface area contributed by atoms with Crippen LogP contribution in [-0.2, 0) is 23.8 Å². The fraction of sp³-hybridized carbons (Fsp3) is 0.789. The Balaban J connectivity index is 1.52. The molecule has 3 rings (SSSR count). The Morgan fingerprint density at radius 1 is 1.33 bits per heavy atom. The van der Waals surface area contributed by atoms with Gasteiger partial charge >= 0.3 is 5.97 Å². The highest BCUT2D eigenvalue weighted by molar-refractivity contribution is 5.69. The second-order valence-electron chi connectivity index (χ2n) is 7.23. The third-order valence-electron chi connectivity index (χ3n) is 5.72. The van der Waals surface area contributed by atoms with E-state index in [4.69, 9.17) is 9.47 Å². The number of rotatable bonds is 6. The van der Waals surface area contributed by atoms with E-state index in [0.29, 0.717) is 18.3 Å². The highest BCUT2D eigenvalue weighted by Gasteiger charge is 2.48. The van der Waals surface area contributed by atoms with Gasteiger partial charge in [-0.05, 0) is 56.8 Å². The zero-order chi connectivity index (χ0) is 16.9. The molecule has 0 radical (unpaired) electrons. The maximum absolute atomic E-state index is 11.6. The van der Waals surface area contributed by atoms with E-state index in [9.17, 15) is 9.59 Å². The first-order valence-corrected chi connectivity index (χ1v) is 9.18. The first-order valence-electron chi connectivity index (χ1n) is 9.18. The van der Waals surface area contributed by atoms with Gasteiger partial charge in [-0.25, -0.2) is 0 Å². The number of aldehydes is 1. The predicted octanol–water partition coefficient (Wildman–Crippen LogP) is 3.02. The van der Waals surface area contributed by atoms with Crippen LogP contribution in [0.5, 0.6) is 0 Å². The van der Waals surface area contributed by atoms with E-state index in [-0.39, 0.29) is 24.3 Å². The Morgan fingerprint density at radius 3 is 2.92 bits per heavy atom. The Bertz CT molecular complexity index is 480. The average molecular weight is 336 g/mol. The molecule has 5 nitrogen and oxygen atoms in total. The van der Waals surface area contributed by atoms with Crippen LogP contribution < -0.4 is 0 Å². The first kappa shape index (κ1) is 17.6. The quantitative estimate of drug-likeness (QED) is 0.424. The summed E-state index contributed by atoms with van der Waals surface area (Å²) in [6.07, 6.45) is 10.4. The molecule has 24 heavy (non-hydrogen) atoms. The first-order chi connectivity index (χ1) is 11.7. The average Bonchev–Trinajstić information content (AvgIpc) is 3.12. The monoisotopic (exact) mass is 336 g/mol. The summed E-state index contributed by atoms with van der Waals surface area (Å²) in [7, 11) is 1.42. The van der Waals surface area contributed by atoms with Gasteiger partial charge in [0, 0.05) is 18.9 Å². The highest BCUT2D eigenvalue weighted by Crippen LogP contribution is 2.50. The van der Waals surface area contributed by atoms with Gasteiger partial charge in [0.15, 0.2) is 6.29 Å². The summed E-state index contributed by atoms with van der Waals surface area (Å²) in [6, 6.07) is 0.